The van der Waals surface area contributed by atoms with Crippen LogP contribution in [0.1, 0.15) is 56.5 Å². The van der Waals surface area contributed by atoms with Gasteiger partial charge in [-0.1, -0.05) is 25.8 Å². The van der Waals surface area contributed by atoms with Gasteiger partial charge in [-0.3, -0.25) is 4.90 Å². The van der Waals surface area contributed by atoms with Gasteiger partial charge in [0.25, 0.3) is 0 Å². The maximum Gasteiger partial charge on any atom is 0.124 e. The molecule has 0 amide bonds. The molecule has 1 saturated carbocycles. The van der Waals surface area contributed by atoms with Gasteiger partial charge >= 0.3 is 0 Å². The van der Waals surface area contributed by atoms with E-state index in [4.69, 9.17) is 4.98 Å². The molecule has 0 radical (unpaired) electrons. The van der Waals surface area contributed by atoms with Gasteiger partial charge in [0.15, 0.2) is 0 Å². The zero-order valence-electron chi connectivity index (χ0n) is 13.1. The van der Waals surface area contributed by atoms with Gasteiger partial charge in [-0.15, -0.1) is 0 Å². The van der Waals surface area contributed by atoms with Crippen LogP contribution in [0.2, 0.25) is 0 Å². The average molecular weight is 283 g/mol. The number of aromatic nitrogens is 2. The second kappa shape index (κ2) is 5.13. The highest BCUT2D eigenvalue weighted by Gasteiger charge is 2.41. The highest BCUT2D eigenvalue weighted by Crippen LogP contribution is 2.44. The van der Waals surface area contributed by atoms with Crippen molar-refractivity contribution in [3.05, 3.63) is 29.6 Å². The zero-order valence-corrected chi connectivity index (χ0v) is 13.1. The van der Waals surface area contributed by atoms with Crippen molar-refractivity contribution in [3.8, 4) is 0 Å². The van der Waals surface area contributed by atoms with Crippen molar-refractivity contribution in [2.24, 2.45) is 5.92 Å². The number of aryl methyl sites for hydroxylation is 1. The van der Waals surface area contributed by atoms with Crippen LogP contribution in [0.15, 0.2) is 18.2 Å². The van der Waals surface area contributed by atoms with Crippen LogP contribution in [0.25, 0.3) is 11.0 Å². The molecule has 4 rings (SSSR count). The Labute approximate surface area is 126 Å². The predicted octanol–water partition coefficient (Wildman–Crippen LogP) is 4.06. The molecule has 1 N–H and O–H groups in total. The minimum atomic E-state index is 0.482. The Balaban J connectivity index is 1.66. The van der Waals surface area contributed by atoms with Gasteiger partial charge in [0, 0.05) is 6.04 Å². The summed E-state index contributed by atoms with van der Waals surface area (Å²) in [4.78, 5) is 11.1. The lowest BCUT2D eigenvalue weighted by molar-refractivity contribution is 0.184. The number of H-pyrrole nitrogens is 1. The molecular weight excluding hydrogens is 258 g/mol. The van der Waals surface area contributed by atoms with Gasteiger partial charge in [0.1, 0.15) is 5.82 Å². The fraction of sp³-hybridized carbons (Fsp3) is 0.611. The van der Waals surface area contributed by atoms with Crippen LogP contribution in [-0.2, 0) is 6.42 Å². The summed E-state index contributed by atoms with van der Waals surface area (Å²) in [5, 5.41) is 0. The van der Waals surface area contributed by atoms with Crippen LogP contribution in [0.4, 0.5) is 0 Å². The van der Waals surface area contributed by atoms with Crippen LogP contribution < -0.4 is 0 Å². The smallest absolute Gasteiger partial charge is 0.124 e. The molecule has 1 aromatic heterocycles. The molecule has 3 heteroatoms. The van der Waals surface area contributed by atoms with E-state index in [2.05, 4.69) is 42.1 Å². The fourth-order valence-corrected chi connectivity index (χ4v) is 4.44. The van der Waals surface area contributed by atoms with E-state index in [0.717, 1.165) is 23.9 Å². The van der Waals surface area contributed by atoms with E-state index in [1.54, 1.807) is 0 Å². The summed E-state index contributed by atoms with van der Waals surface area (Å²) < 4.78 is 0. The van der Waals surface area contributed by atoms with E-state index in [1.807, 2.05) is 0 Å². The first kappa shape index (κ1) is 13.3. The first-order valence-corrected chi connectivity index (χ1v) is 8.46. The van der Waals surface area contributed by atoms with Crippen molar-refractivity contribution in [2.45, 2.75) is 57.5 Å². The minimum absolute atomic E-state index is 0.482. The van der Waals surface area contributed by atoms with Crippen molar-refractivity contribution in [1.29, 1.82) is 0 Å². The molecule has 2 aliphatic rings. The average Bonchev–Trinajstić information content (AvgIpc) is 3.08. The van der Waals surface area contributed by atoms with E-state index in [-0.39, 0.29) is 0 Å². The fourth-order valence-electron chi connectivity index (χ4n) is 4.44. The molecule has 1 aromatic carbocycles. The molecule has 2 fully saturated rings. The molecule has 0 unspecified atom stereocenters. The van der Waals surface area contributed by atoms with Gasteiger partial charge in [0.2, 0.25) is 0 Å². The largest absolute Gasteiger partial charge is 0.341 e. The first-order chi connectivity index (χ1) is 10.3. The number of rotatable bonds is 2. The Bertz CT molecular complexity index is 645. The summed E-state index contributed by atoms with van der Waals surface area (Å²) >= 11 is 0. The maximum atomic E-state index is 4.88. The van der Waals surface area contributed by atoms with Crippen LogP contribution in [0.3, 0.4) is 0 Å². The monoisotopic (exact) mass is 283 g/mol. The Kier molecular flexibility index (Phi) is 3.26. The number of hydrogen-bond acceptors (Lipinski definition) is 2. The number of aromatic amines is 1. The standard InChI is InChI=1S/C18H25N3/c1-3-12-8-9-14-15(10-12)20-18(19-14)17-11-13-6-4-5-7-16(13)21(17)2/h8-10,13,16-17H,3-7,11H2,1-2H3,(H,19,20)/t13-,16-,17-/m0/s1. The summed E-state index contributed by atoms with van der Waals surface area (Å²) in [6, 6.07) is 7.88. The molecule has 21 heavy (non-hydrogen) atoms. The van der Waals surface area contributed by atoms with Gasteiger partial charge < -0.3 is 4.98 Å². The van der Waals surface area contributed by atoms with Crippen molar-refractivity contribution in [1.82, 2.24) is 14.9 Å². The number of hydrogen-bond donors (Lipinski definition) is 1. The van der Waals surface area contributed by atoms with E-state index in [1.165, 1.54) is 49.0 Å². The highest BCUT2D eigenvalue weighted by molar-refractivity contribution is 5.76. The van der Waals surface area contributed by atoms with E-state index in [9.17, 15) is 0 Å². The summed E-state index contributed by atoms with van der Waals surface area (Å²) in [5.74, 6) is 2.06. The minimum Gasteiger partial charge on any atom is -0.341 e. The van der Waals surface area contributed by atoms with Crippen LogP contribution in [0, 0.1) is 5.92 Å². The normalized spacial score (nSPS) is 29.9. The lowest BCUT2D eigenvalue weighted by atomic mass is 9.85. The summed E-state index contributed by atoms with van der Waals surface area (Å²) in [7, 11) is 2.30. The number of fused-ring (bicyclic) bond motifs is 2. The van der Waals surface area contributed by atoms with E-state index in [0.29, 0.717) is 6.04 Å². The van der Waals surface area contributed by atoms with Crippen molar-refractivity contribution >= 4 is 11.0 Å². The Morgan fingerprint density at radius 1 is 1.29 bits per heavy atom. The second-order valence-corrected chi connectivity index (χ2v) is 6.86. The third kappa shape index (κ3) is 2.18. The van der Waals surface area contributed by atoms with Gasteiger partial charge in [-0.25, -0.2) is 4.98 Å². The van der Waals surface area contributed by atoms with Gasteiger partial charge in [0.05, 0.1) is 17.1 Å². The third-order valence-electron chi connectivity index (χ3n) is 5.70. The van der Waals surface area contributed by atoms with E-state index >= 15 is 0 Å². The Morgan fingerprint density at radius 3 is 2.95 bits per heavy atom. The molecule has 2 heterocycles. The second-order valence-electron chi connectivity index (χ2n) is 6.86. The number of nitrogens with zero attached hydrogens (tertiary/aromatic N) is 2. The SMILES string of the molecule is CCc1ccc2nc([C@@H]3C[C@@H]4CCCC[C@@H]4N3C)[nH]c2c1. The molecule has 1 aliphatic carbocycles. The summed E-state index contributed by atoms with van der Waals surface area (Å²) in [5.41, 5.74) is 3.70. The maximum absolute atomic E-state index is 4.88. The van der Waals surface area contributed by atoms with Crippen molar-refractivity contribution in [2.75, 3.05) is 7.05 Å². The Morgan fingerprint density at radius 2 is 2.14 bits per heavy atom. The predicted molar refractivity (Wildman–Crippen MR) is 86.3 cm³/mol. The van der Waals surface area contributed by atoms with Crippen LogP contribution in [0.5, 0.6) is 0 Å². The summed E-state index contributed by atoms with van der Waals surface area (Å²) in [6.45, 7) is 2.20. The van der Waals surface area contributed by atoms with Gasteiger partial charge in [-0.2, -0.15) is 0 Å². The molecule has 0 bridgehead atoms. The highest BCUT2D eigenvalue weighted by atomic mass is 15.2. The molecule has 3 atom stereocenters. The van der Waals surface area contributed by atoms with E-state index < -0.39 is 0 Å². The van der Waals surface area contributed by atoms with Crippen molar-refractivity contribution < 1.29 is 0 Å². The number of benzene rings is 1. The van der Waals surface area contributed by atoms with Crippen LogP contribution in [-0.4, -0.2) is 28.0 Å². The lowest BCUT2D eigenvalue weighted by Crippen LogP contribution is -2.32. The molecule has 2 aromatic rings. The number of nitrogens with one attached hydrogen (secondary N) is 1. The quantitative estimate of drug-likeness (QED) is 0.901. The molecule has 0 spiro atoms. The third-order valence-corrected chi connectivity index (χ3v) is 5.70. The van der Waals surface area contributed by atoms with Crippen LogP contribution >= 0.6 is 0 Å². The van der Waals surface area contributed by atoms with Crippen molar-refractivity contribution in [3.63, 3.8) is 0 Å². The first-order valence-electron chi connectivity index (χ1n) is 8.46. The number of likely N-dealkylation sites (tertiary alicyclic amines) is 1. The zero-order chi connectivity index (χ0) is 14.4. The topological polar surface area (TPSA) is 31.9 Å². The lowest BCUT2D eigenvalue weighted by Gasteiger charge is -2.30. The summed E-state index contributed by atoms with van der Waals surface area (Å²) in [6.07, 6.45) is 7.96. The molecule has 112 valence electrons. The molecule has 3 nitrogen and oxygen atoms in total. The molecule has 1 aliphatic heterocycles. The Hall–Kier alpha value is -1.35. The molecular formula is C18H25N3. The molecule has 1 saturated heterocycles. The number of imidazole rings is 1. The van der Waals surface area contributed by atoms with Gasteiger partial charge in [-0.05, 0) is 56.3 Å².